The Kier molecular flexibility index (Phi) is 6.65. The van der Waals surface area contributed by atoms with E-state index in [9.17, 15) is 9.59 Å². The van der Waals surface area contributed by atoms with Gasteiger partial charge in [0.05, 0.1) is 11.4 Å². The number of thiocarbonyl (C=S) groups is 1. The summed E-state index contributed by atoms with van der Waals surface area (Å²) in [7, 11) is 0. The molecule has 2 heterocycles. The van der Waals surface area contributed by atoms with E-state index in [1.54, 1.807) is 18.2 Å². The summed E-state index contributed by atoms with van der Waals surface area (Å²) in [4.78, 5) is 32.1. The number of hydrogen-bond acceptors (Lipinski definition) is 5. The second kappa shape index (κ2) is 9.65. The van der Waals surface area contributed by atoms with E-state index in [4.69, 9.17) is 16.6 Å². The molecule has 3 aromatic rings. The van der Waals surface area contributed by atoms with Gasteiger partial charge in [0.2, 0.25) is 0 Å². The molecule has 7 heteroatoms. The summed E-state index contributed by atoms with van der Waals surface area (Å²) in [5.41, 5.74) is 3.31. The third kappa shape index (κ3) is 4.26. The van der Waals surface area contributed by atoms with Crippen molar-refractivity contribution in [3.8, 4) is 0 Å². The van der Waals surface area contributed by atoms with Gasteiger partial charge in [-0.15, -0.1) is 0 Å². The second-order valence-electron chi connectivity index (χ2n) is 8.07. The lowest BCUT2D eigenvalue weighted by Crippen LogP contribution is -2.57. The number of rotatable bonds is 6. The minimum atomic E-state index is -0.484. The lowest BCUT2D eigenvalue weighted by molar-refractivity contribution is -0.120. The molecule has 2 amide bonds. The maximum Gasteiger partial charge on any atom is 0.270 e. The lowest BCUT2D eigenvalue weighted by atomic mass is 10.1. The van der Waals surface area contributed by atoms with Crippen LogP contribution < -0.4 is 14.7 Å². The lowest BCUT2D eigenvalue weighted by Gasteiger charge is -2.36. The van der Waals surface area contributed by atoms with E-state index in [1.807, 2.05) is 70.2 Å². The van der Waals surface area contributed by atoms with Crippen LogP contribution in [0.15, 0.2) is 70.7 Å². The standard InChI is InChI=1S/C27H27N3O3S/c1-5-28(6-2)24-15-14-22(33-24)17-23-25(31)29(20-10-8-7-9-11-20)27(34)30(26(23)32)21-13-12-18(3)19(4)16-21/h7-17H,5-6H2,1-4H3/b23-17-. The van der Waals surface area contributed by atoms with E-state index in [0.29, 0.717) is 23.0 Å². The van der Waals surface area contributed by atoms with Crippen molar-refractivity contribution in [2.75, 3.05) is 27.8 Å². The van der Waals surface area contributed by atoms with Crippen molar-refractivity contribution in [2.24, 2.45) is 0 Å². The number of anilines is 3. The first-order valence-electron chi connectivity index (χ1n) is 11.3. The highest BCUT2D eigenvalue weighted by Crippen LogP contribution is 2.31. The van der Waals surface area contributed by atoms with E-state index in [2.05, 4.69) is 4.90 Å². The first-order valence-corrected chi connectivity index (χ1v) is 11.7. The molecular weight excluding hydrogens is 446 g/mol. The van der Waals surface area contributed by atoms with Crippen molar-refractivity contribution >= 4 is 52.5 Å². The molecule has 0 bridgehead atoms. The van der Waals surface area contributed by atoms with Crippen LogP contribution in [0.3, 0.4) is 0 Å². The SMILES string of the molecule is CCN(CC)c1ccc(/C=C2/C(=O)N(c3ccccc3)C(=S)N(c3ccc(C)c(C)c3)C2=O)o1. The average molecular weight is 474 g/mol. The van der Waals surface area contributed by atoms with Gasteiger partial charge in [-0.3, -0.25) is 19.4 Å². The predicted octanol–water partition coefficient (Wildman–Crippen LogP) is 5.49. The monoisotopic (exact) mass is 473 g/mol. The first kappa shape index (κ1) is 23.4. The van der Waals surface area contributed by atoms with Gasteiger partial charge < -0.3 is 9.32 Å². The van der Waals surface area contributed by atoms with Crippen molar-refractivity contribution in [3.63, 3.8) is 0 Å². The number of furan rings is 1. The zero-order valence-electron chi connectivity index (χ0n) is 19.7. The van der Waals surface area contributed by atoms with Crippen LogP contribution in [0.2, 0.25) is 0 Å². The average Bonchev–Trinajstić information content (AvgIpc) is 3.29. The maximum absolute atomic E-state index is 13.6. The zero-order chi connectivity index (χ0) is 24.4. The van der Waals surface area contributed by atoms with Crippen LogP contribution in [0.5, 0.6) is 0 Å². The van der Waals surface area contributed by atoms with E-state index >= 15 is 0 Å². The Bertz CT molecular complexity index is 1280. The van der Waals surface area contributed by atoms with Gasteiger partial charge in [0.15, 0.2) is 11.0 Å². The number of nitrogens with zero attached hydrogens (tertiary/aromatic N) is 3. The molecule has 1 saturated heterocycles. The summed E-state index contributed by atoms with van der Waals surface area (Å²) in [5.74, 6) is 0.154. The number of aryl methyl sites for hydroxylation is 2. The molecule has 1 aliphatic heterocycles. The van der Waals surface area contributed by atoms with Gasteiger partial charge in [-0.1, -0.05) is 24.3 Å². The van der Waals surface area contributed by atoms with Gasteiger partial charge in [0.1, 0.15) is 11.3 Å². The number of amides is 2. The van der Waals surface area contributed by atoms with E-state index in [1.165, 1.54) is 15.9 Å². The molecule has 6 nitrogen and oxygen atoms in total. The minimum Gasteiger partial charge on any atom is -0.441 e. The van der Waals surface area contributed by atoms with Crippen LogP contribution in [0.4, 0.5) is 17.3 Å². The topological polar surface area (TPSA) is 57.0 Å². The minimum absolute atomic E-state index is 0.0175. The summed E-state index contributed by atoms with van der Waals surface area (Å²) >= 11 is 5.68. The van der Waals surface area contributed by atoms with Crippen molar-refractivity contribution in [3.05, 3.63) is 83.1 Å². The fourth-order valence-electron chi connectivity index (χ4n) is 3.89. The predicted molar refractivity (Wildman–Crippen MR) is 140 cm³/mol. The van der Waals surface area contributed by atoms with Crippen LogP contribution >= 0.6 is 12.2 Å². The molecule has 0 radical (unpaired) electrons. The molecule has 34 heavy (non-hydrogen) atoms. The molecule has 0 aliphatic carbocycles. The Morgan fingerprint density at radius 2 is 1.50 bits per heavy atom. The van der Waals surface area contributed by atoms with Gasteiger partial charge in [-0.25, -0.2) is 0 Å². The third-order valence-corrected chi connectivity index (χ3v) is 6.35. The Morgan fingerprint density at radius 1 is 0.853 bits per heavy atom. The molecule has 0 unspecified atom stereocenters. The maximum atomic E-state index is 13.6. The molecular formula is C27H27N3O3S. The second-order valence-corrected chi connectivity index (χ2v) is 8.44. The van der Waals surface area contributed by atoms with Gasteiger partial charge in [-0.05, 0) is 87.4 Å². The Labute approximate surface area is 205 Å². The summed E-state index contributed by atoms with van der Waals surface area (Å²) in [5, 5.41) is 0.116. The molecule has 0 saturated carbocycles. The van der Waals surface area contributed by atoms with Crippen molar-refractivity contribution in [2.45, 2.75) is 27.7 Å². The molecule has 2 aromatic carbocycles. The highest BCUT2D eigenvalue weighted by molar-refractivity contribution is 7.81. The van der Waals surface area contributed by atoms with Crippen LogP contribution in [0.25, 0.3) is 6.08 Å². The Balaban J connectivity index is 1.82. The molecule has 0 spiro atoms. The highest BCUT2D eigenvalue weighted by Gasteiger charge is 2.41. The summed E-state index contributed by atoms with van der Waals surface area (Å²) in [6, 6.07) is 18.4. The first-order chi connectivity index (χ1) is 16.3. The van der Waals surface area contributed by atoms with Crippen molar-refractivity contribution in [1.82, 2.24) is 0 Å². The summed E-state index contributed by atoms with van der Waals surface area (Å²) < 4.78 is 5.95. The van der Waals surface area contributed by atoms with Crippen LogP contribution in [0.1, 0.15) is 30.7 Å². The van der Waals surface area contributed by atoms with Crippen molar-refractivity contribution in [1.29, 1.82) is 0 Å². The zero-order valence-corrected chi connectivity index (χ0v) is 20.6. The largest absolute Gasteiger partial charge is 0.441 e. The van der Waals surface area contributed by atoms with E-state index in [-0.39, 0.29) is 10.7 Å². The Hall–Kier alpha value is -3.71. The molecule has 174 valence electrons. The number of benzene rings is 2. The van der Waals surface area contributed by atoms with Crippen molar-refractivity contribution < 1.29 is 14.0 Å². The molecule has 4 rings (SSSR count). The molecule has 0 N–H and O–H groups in total. The van der Waals surface area contributed by atoms with Gasteiger partial charge in [0, 0.05) is 19.2 Å². The quantitative estimate of drug-likeness (QED) is 0.269. The number of para-hydroxylation sites is 1. The molecule has 0 atom stereocenters. The molecule has 1 aliphatic rings. The summed E-state index contributed by atoms with van der Waals surface area (Å²) in [6.07, 6.45) is 1.50. The van der Waals surface area contributed by atoms with Gasteiger partial charge >= 0.3 is 0 Å². The molecule has 1 fully saturated rings. The fourth-order valence-corrected chi connectivity index (χ4v) is 4.27. The summed E-state index contributed by atoms with van der Waals surface area (Å²) in [6.45, 7) is 9.63. The number of carbonyl (C=O) groups is 2. The molecule has 1 aromatic heterocycles. The third-order valence-electron chi connectivity index (χ3n) is 5.99. The smallest absolute Gasteiger partial charge is 0.270 e. The van der Waals surface area contributed by atoms with E-state index < -0.39 is 11.8 Å². The highest BCUT2D eigenvalue weighted by atomic mass is 32.1. The number of hydrogen-bond donors (Lipinski definition) is 0. The normalized spacial score (nSPS) is 15.4. The van der Waals surface area contributed by atoms with Crippen LogP contribution in [0, 0.1) is 13.8 Å². The van der Waals surface area contributed by atoms with Gasteiger partial charge in [0.25, 0.3) is 11.8 Å². The Morgan fingerprint density at radius 3 is 2.12 bits per heavy atom. The fraction of sp³-hybridized carbons (Fsp3) is 0.222. The van der Waals surface area contributed by atoms with Crippen LogP contribution in [-0.2, 0) is 9.59 Å². The number of carbonyl (C=O) groups excluding carboxylic acids is 2. The van der Waals surface area contributed by atoms with E-state index in [0.717, 1.165) is 24.2 Å². The van der Waals surface area contributed by atoms with Gasteiger partial charge in [-0.2, -0.15) is 0 Å². The van der Waals surface area contributed by atoms with Crippen LogP contribution in [-0.4, -0.2) is 30.0 Å².